The first-order chi connectivity index (χ1) is 13.2. The molecule has 0 bridgehead atoms. The maximum absolute atomic E-state index is 5.35. The van der Waals surface area contributed by atoms with Crippen molar-refractivity contribution in [3.8, 4) is 17.2 Å². The lowest BCUT2D eigenvalue weighted by molar-refractivity contribution is 0.413. The van der Waals surface area contributed by atoms with Gasteiger partial charge in [-0.25, -0.2) is 0 Å². The fourth-order valence-electron chi connectivity index (χ4n) is 3.74. The van der Waals surface area contributed by atoms with Crippen LogP contribution >= 0.6 is 0 Å². The monoisotopic (exact) mass is 362 g/mol. The van der Waals surface area contributed by atoms with Crippen molar-refractivity contribution in [2.24, 2.45) is 0 Å². The van der Waals surface area contributed by atoms with Gasteiger partial charge in [-0.1, -0.05) is 43.3 Å². The standard InChI is InChI=1S/C24H26O3/c1-5-24(18-6-12-21(25-2)13-7-18,19-8-14-22(26-3)15-9-19)20-10-16-23(27-4)17-11-20/h6-17H,5H2,1-4H3. The van der Waals surface area contributed by atoms with Gasteiger partial charge >= 0.3 is 0 Å². The molecule has 0 atom stereocenters. The highest BCUT2D eigenvalue weighted by Gasteiger charge is 2.34. The molecular weight excluding hydrogens is 336 g/mol. The maximum atomic E-state index is 5.35. The zero-order valence-electron chi connectivity index (χ0n) is 16.4. The van der Waals surface area contributed by atoms with Crippen molar-refractivity contribution >= 4 is 0 Å². The molecule has 0 aliphatic carbocycles. The largest absolute Gasteiger partial charge is 0.497 e. The molecule has 0 N–H and O–H groups in total. The lowest BCUT2D eigenvalue weighted by atomic mass is 9.67. The van der Waals surface area contributed by atoms with Crippen LogP contribution < -0.4 is 14.2 Å². The highest BCUT2D eigenvalue weighted by molar-refractivity contribution is 5.52. The van der Waals surface area contributed by atoms with Gasteiger partial charge in [0.05, 0.1) is 21.3 Å². The number of benzene rings is 3. The molecule has 3 nitrogen and oxygen atoms in total. The number of methoxy groups -OCH3 is 3. The quantitative estimate of drug-likeness (QED) is 0.523. The average Bonchev–Trinajstić information content (AvgIpc) is 2.76. The van der Waals surface area contributed by atoms with Gasteiger partial charge in [-0.3, -0.25) is 0 Å². The SMILES string of the molecule is CCC(c1ccc(OC)cc1)(c1ccc(OC)cc1)c1ccc(OC)cc1. The van der Waals surface area contributed by atoms with Gasteiger partial charge in [0.1, 0.15) is 17.2 Å². The van der Waals surface area contributed by atoms with E-state index in [0.29, 0.717) is 0 Å². The van der Waals surface area contributed by atoms with Crippen LogP contribution in [-0.4, -0.2) is 21.3 Å². The van der Waals surface area contributed by atoms with E-state index in [0.717, 1.165) is 23.7 Å². The van der Waals surface area contributed by atoms with Crippen molar-refractivity contribution < 1.29 is 14.2 Å². The molecule has 0 aliphatic heterocycles. The van der Waals surface area contributed by atoms with Crippen LogP contribution in [0.4, 0.5) is 0 Å². The Kier molecular flexibility index (Phi) is 5.70. The Morgan fingerprint density at radius 2 is 0.778 bits per heavy atom. The van der Waals surface area contributed by atoms with E-state index in [1.54, 1.807) is 21.3 Å². The van der Waals surface area contributed by atoms with Crippen molar-refractivity contribution in [1.29, 1.82) is 0 Å². The minimum Gasteiger partial charge on any atom is -0.497 e. The third-order valence-electron chi connectivity index (χ3n) is 5.28. The Bertz CT molecular complexity index is 734. The van der Waals surface area contributed by atoms with Crippen LogP contribution in [0.15, 0.2) is 72.8 Å². The minimum atomic E-state index is -0.273. The molecular formula is C24H26O3. The molecule has 27 heavy (non-hydrogen) atoms. The Labute approximate surface area is 161 Å². The van der Waals surface area contributed by atoms with E-state index in [1.807, 2.05) is 36.4 Å². The fraction of sp³-hybridized carbons (Fsp3) is 0.250. The van der Waals surface area contributed by atoms with Crippen LogP contribution in [0, 0.1) is 0 Å². The average molecular weight is 362 g/mol. The topological polar surface area (TPSA) is 27.7 Å². The molecule has 0 heterocycles. The van der Waals surface area contributed by atoms with E-state index >= 15 is 0 Å². The maximum Gasteiger partial charge on any atom is 0.118 e. The molecule has 0 radical (unpaired) electrons. The molecule has 0 saturated carbocycles. The molecule has 140 valence electrons. The van der Waals surface area contributed by atoms with Gasteiger partial charge in [0.25, 0.3) is 0 Å². The van der Waals surface area contributed by atoms with Crippen LogP contribution in [0.3, 0.4) is 0 Å². The van der Waals surface area contributed by atoms with Crippen molar-refractivity contribution in [3.63, 3.8) is 0 Å². The molecule has 3 aromatic carbocycles. The Hall–Kier alpha value is -2.94. The highest BCUT2D eigenvalue weighted by atomic mass is 16.5. The summed E-state index contributed by atoms with van der Waals surface area (Å²) in [4.78, 5) is 0. The first-order valence-corrected chi connectivity index (χ1v) is 9.11. The molecule has 3 heteroatoms. The van der Waals surface area contributed by atoms with Gasteiger partial charge in [0.15, 0.2) is 0 Å². The van der Waals surface area contributed by atoms with E-state index in [2.05, 4.69) is 43.3 Å². The number of ether oxygens (including phenoxy) is 3. The van der Waals surface area contributed by atoms with Gasteiger partial charge < -0.3 is 14.2 Å². The molecule has 0 fully saturated rings. The number of rotatable bonds is 7. The Balaban J connectivity index is 2.20. The van der Waals surface area contributed by atoms with E-state index in [1.165, 1.54) is 16.7 Å². The fourth-order valence-corrected chi connectivity index (χ4v) is 3.74. The Morgan fingerprint density at radius 1 is 0.519 bits per heavy atom. The van der Waals surface area contributed by atoms with Crippen molar-refractivity contribution in [3.05, 3.63) is 89.5 Å². The van der Waals surface area contributed by atoms with Gasteiger partial charge in [-0.05, 0) is 59.5 Å². The molecule has 0 aromatic heterocycles. The third kappa shape index (κ3) is 3.50. The highest BCUT2D eigenvalue weighted by Crippen LogP contribution is 2.43. The molecule has 3 rings (SSSR count). The second kappa shape index (κ2) is 8.17. The van der Waals surface area contributed by atoms with E-state index in [-0.39, 0.29) is 5.41 Å². The van der Waals surface area contributed by atoms with Crippen molar-refractivity contribution in [2.75, 3.05) is 21.3 Å². The summed E-state index contributed by atoms with van der Waals surface area (Å²) < 4.78 is 16.1. The molecule has 0 unspecified atom stereocenters. The van der Waals surface area contributed by atoms with E-state index in [4.69, 9.17) is 14.2 Å². The lowest BCUT2D eigenvalue weighted by Crippen LogP contribution is -2.28. The van der Waals surface area contributed by atoms with E-state index in [9.17, 15) is 0 Å². The van der Waals surface area contributed by atoms with Crippen LogP contribution in [0.2, 0.25) is 0 Å². The van der Waals surface area contributed by atoms with Gasteiger partial charge in [0, 0.05) is 5.41 Å². The molecule has 0 amide bonds. The predicted octanol–water partition coefficient (Wildman–Crippen LogP) is 5.46. The molecule has 0 aliphatic rings. The summed E-state index contributed by atoms with van der Waals surface area (Å²) in [5, 5.41) is 0. The van der Waals surface area contributed by atoms with Crippen LogP contribution in [0.1, 0.15) is 30.0 Å². The molecule has 0 spiro atoms. The number of hydrogen-bond donors (Lipinski definition) is 0. The Morgan fingerprint density at radius 3 is 0.963 bits per heavy atom. The van der Waals surface area contributed by atoms with Crippen molar-refractivity contribution in [1.82, 2.24) is 0 Å². The third-order valence-corrected chi connectivity index (χ3v) is 5.28. The smallest absolute Gasteiger partial charge is 0.118 e. The minimum absolute atomic E-state index is 0.273. The summed E-state index contributed by atoms with van der Waals surface area (Å²) in [7, 11) is 5.07. The first-order valence-electron chi connectivity index (χ1n) is 9.11. The zero-order chi connectivity index (χ0) is 19.3. The summed E-state index contributed by atoms with van der Waals surface area (Å²) in [6, 6.07) is 25.0. The van der Waals surface area contributed by atoms with Crippen molar-refractivity contribution in [2.45, 2.75) is 18.8 Å². The molecule has 0 saturated heterocycles. The second-order valence-corrected chi connectivity index (χ2v) is 6.44. The number of hydrogen-bond acceptors (Lipinski definition) is 3. The second-order valence-electron chi connectivity index (χ2n) is 6.44. The van der Waals surface area contributed by atoms with Gasteiger partial charge in [-0.2, -0.15) is 0 Å². The summed E-state index contributed by atoms with van der Waals surface area (Å²) in [5.74, 6) is 2.56. The van der Waals surface area contributed by atoms with Crippen LogP contribution in [-0.2, 0) is 5.41 Å². The predicted molar refractivity (Wildman–Crippen MR) is 109 cm³/mol. The summed E-state index contributed by atoms with van der Waals surface area (Å²) in [6.45, 7) is 2.22. The zero-order valence-corrected chi connectivity index (χ0v) is 16.4. The summed E-state index contributed by atoms with van der Waals surface area (Å²) in [6.07, 6.45) is 0.915. The van der Waals surface area contributed by atoms with Crippen LogP contribution in [0.25, 0.3) is 0 Å². The lowest BCUT2D eigenvalue weighted by Gasteiger charge is -2.35. The van der Waals surface area contributed by atoms with E-state index < -0.39 is 0 Å². The summed E-state index contributed by atoms with van der Waals surface area (Å²) >= 11 is 0. The molecule has 3 aromatic rings. The van der Waals surface area contributed by atoms with Gasteiger partial charge in [0.2, 0.25) is 0 Å². The van der Waals surface area contributed by atoms with Gasteiger partial charge in [-0.15, -0.1) is 0 Å². The van der Waals surface area contributed by atoms with Crippen LogP contribution in [0.5, 0.6) is 17.2 Å². The first kappa shape index (κ1) is 18.8. The normalized spacial score (nSPS) is 11.1. The summed E-state index contributed by atoms with van der Waals surface area (Å²) in [5.41, 5.74) is 3.40.